The van der Waals surface area contributed by atoms with Crippen LogP contribution in [-0.4, -0.2) is 62.5 Å². The van der Waals surface area contributed by atoms with Crippen LogP contribution in [0.3, 0.4) is 0 Å². The largest absolute Gasteiger partial charge is 0.458 e. The summed E-state index contributed by atoms with van der Waals surface area (Å²) in [5.74, 6) is -2.53. The van der Waals surface area contributed by atoms with Gasteiger partial charge in [-0.05, 0) is 64.7 Å². The normalized spacial score (nSPS) is 40.3. The summed E-state index contributed by atoms with van der Waals surface area (Å²) in [6.45, 7) is 14.4. The zero-order chi connectivity index (χ0) is 29.9. The van der Waals surface area contributed by atoms with Crippen molar-refractivity contribution in [1.82, 2.24) is 5.32 Å². The van der Waals surface area contributed by atoms with E-state index in [1.54, 1.807) is 13.0 Å². The summed E-state index contributed by atoms with van der Waals surface area (Å²) in [5.41, 5.74) is -4.79. The van der Waals surface area contributed by atoms with Gasteiger partial charge in [-0.2, -0.15) is 0 Å². The molecule has 0 bridgehead atoms. The average Bonchev–Trinajstić information content (AvgIpc) is 3.05. The number of rotatable bonds is 7. The minimum absolute atomic E-state index is 0.0472. The molecule has 40 heavy (non-hydrogen) atoms. The first-order valence-corrected chi connectivity index (χ1v) is 17.8. The van der Waals surface area contributed by atoms with E-state index in [0.717, 1.165) is 5.57 Å². The molecule has 10 heteroatoms. The average molecular weight is 578 g/mol. The Bertz CT molecular complexity index is 1160. The molecule has 0 spiro atoms. The lowest BCUT2D eigenvalue weighted by molar-refractivity contribution is -0.211. The minimum atomic E-state index is -2.34. The number of hydrogen-bond donors (Lipinski definition) is 1. The molecular formula is C30H44FNO7Si. The van der Waals surface area contributed by atoms with Gasteiger partial charge in [0, 0.05) is 42.6 Å². The molecule has 0 saturated heterocycles. The molecule has 4 aliphatic carbocycles. The molecule has 1 N–H and O–H groups in total. The Balaban J connectivity index is 1.91. The van der Waals surface area contributed by atoms with Gasteiger partial charge in [0.05, 0.1) is 6.10 Å². The highest BCUT2D eigenvalue weighted by atomic mass is 28.4. The van der Waals surface area contributed by atoms with Crippen molar-refractivity contribution >= 4 is 31.9 Å². The van der Waals surface area contributed by atoms with E-state index < -0.39 is 72.8 Å². The molecule has 0 unspecified atom stereocenters. The topological polar surface area (TPSA) is 108 Å². The summed E-state index contributed by atoms with van der Waals surface area (Å²) >= 11 is 0. The molecule has 1 amide bonds. The highest BCUT2D eigenvalue weighted by Gasteiger charge is 2.77. The number of hydrogen-bond acceptors (Lipinski definition) is 7. The van der Waals surface area contributed by atoms with Crippen molar-refractivity contribution in [1.29, 1.82) is 0 Å². The maximum Gasteiger partial charge on any atom is 0.408 e. The number of amides is 1. The third-order valence-corrected chi connectivity index (χ3v) is 11.0. The van der Waals surface area contributed by atoms with Gasteiger partial charge in [0.2, 0.25) is 5.78 Å². The molecule has 2 saturated carbocycles. The smallest absolute Gasteiger partial charge is 0.408 e. The number of esters is 1. The zero-order valence-corrected chi connectivity index (χ0v) is 26.0. The molecule has 8 atom stereocenters. The summed E-state index contributed by atoms with van der Waals surface area (Å²) in [6.07, 6.45) is 4.68. The molecule has 0 radical (unpaired) electrons. The summed E-state index contributed by atoms with van der Waals surface area (Å²) in [7, 11) is -2.34. The van der Waals surface area contributed by atoms with Gasteiger partial charge in [0.15, 0.2) is 32.0 Å². The van der Waals surface area contributed by atoms with Gasteiger partial charge in [0.25, 0.3) is 0 Å². The van der Waals surface area contributed by atoms with E-state index in [9.17, 15) is 19.2 Å². The first-order chi connectivity index (χ1) is 18.5. The number of alkyl halides is 1. The van der Waals surface area contributed by atoms with Crippen LogP contribution in [0, 0.1) is 28.6 Å². The van der Waals surface area contributed by atoms with Crippen molar-refractivity contribution in [3.8, 4) is 0 Å². The highest BCUT2D eigenvalue weighted by Crippen LogP contribution is 2.71. The number of carbonyl (C=O) groups is 4. The number of nitrogens with one attached hydrogen (secondary N) is 1. The Morgan fingerprint density at radius 1 is 1.18 bits per heavy atom. The van der Waals surface area contributed by atoms with E-state index in [2.05, 4.69) is 5.32 Å². The van der Waals surface area contributed by atoms with Crippen LogP contribution >= 0.6 is 0 Å². The summed E-state index contributed by atoms with van der Waals surface area (Å²) in [4.78, 5) is 51.1. The summed E-state index contributed by atoms with van der Waals surface area (Å²) in [6, 6.07) is 0. The molecule has 4 rings (SSSR count). The lowest BCUT2D eigenvalue weighted by Crippen LogP contribution is -2.71. The van der Waals surface area contributed by atoms with Crippen molar-refractivity contribution in [2.24, 2.45) is 28.6 Å². The second-order valence-electron chi connectivity index (χ2n) is 13.5. The van der Waals surface area contributed by atoms with Crippen LogP contribution in [0.1, 0.15) is 60.3 Å². The van der Waals surface area contributed by atoms with Gasteiger partial charge < -0.3 is 19.2 Å². The van der Waals surface area contributed by atoms with Crippen LogP contribution in [0.5, 0.6) is 0 Å². The van der Waals surface area contributed by atoms with Gasteiger partial charge >= 0.3 is 12.1 Å². The van der Waals surface area contributed by atoms with Gasteiger partial charge in [0.1, 0.15) is 0 Å². The standard InChI is InChI=1S/C30H44FNO7Si/c1-9-32-26(36)38-30(24(35)17-37-19(3)33)18(2)14-23-22-11-10-20-15-21(34)12-13-27(20,4)29(22,31)25(16-28(23,30)5)39-40(6,7)8/h10,12-13,18,22-23,25H,9,11,14-17H2,1-8H3,(H,32,36)/t18-,22-,23-,25-,27-,28-,29-,30-/m0/s1. The molecule has 0 heterocycles. The zero-order valence-electron chi connectivity index (χ0n) is 25.0. The Hall–Kier alpha value is -2.33. The van der Waals surface area contributed by atoms with Crippen molar-refractivity contribution in [3.63, 3.8) is 0 Å². The minimum Gasteiger partial charge on any atom is -0.458 e. The fourth-order valence-electron chi connectivity index (χ4n) is 8.42. The molecule has 0 aliphatic heterocycles. The number of halogens is 1. The van der Waals surface area contributed by atoms with E-state index in [4.69, 9.17) is 13.9 Å². The molecule has 222 valence electrons. The first kappa shape index (κ1) is 30.6. The fourth-order valence-corrected chi connectivity index (χ4v) is 9.53. The molecule has 0 aromatic heterocycles. The second-order valence-corrected chi connectivity index (χ2v) is 17.9. The van der Waals surface area contributed by atoms with Crippen molar-refractivity contribution < 1.29 is 37.5 Å². The molecule has 8 nitrogen and oxygen atoms in total. The lowest BCUT2D eigenvalue weighted by atomic mass is 9.45. The number of ketones is 2. The lowest BCUT2D eigenvalue weighted by Gasteiger charge is -2.63. The number of alkyl carbamates (subject to hydrolysis) is 1. The van der Waals surface area contributed by atoms with Gasteiger partial charge in [-0.1, -0.05) is 31.6 Å². The first-order valence-electron chi connectivity index (χ1n) is 14.4. The van der Waals surface area contributed by atoms with Crippen LogP contribution in [0.15, 0.2) is 23.8 Å². The molecule has 0 aromatic carbocycles. The summed E-state index contributed by atoms with van der Waals surface area (Å²) in [5, 5.41) is 2.64. The number of ether oxygens (including phenoxy) is 2. The van der Waals surface area contributed by atoms with Crippen molar-refractivity contribution in [2.75, 3.05) is 13.2 Å². The Kier molecular flexibility index (Phi) is 7.80. The van der Waals surface area contributed by atoms with Crippen LogP contribution in [0.25, 0.3) is 0 Å². The number of Topliss-reactive ketones (excluding diaryl/α,β-unsaturated/α-hetero) is 1. The van der Waals surface area contributed by atoms with E-state index in [1.165, 1.54) is 13.0 Å². The molecule has 0 aromatic rings. The van der Waals surface area contributed by atoms with Gasteiger partial charge in [-0.3, -0.25) is 14.4 Å². The number of fused-ring (bicyclic) bond motifs is 5. The maximum atomic E-state index is 18.3. The monoisotopic (exact) mass is 577 g/mol. The molecule has 2 fully saturated rings. The summed E-state index contributed by atoms with van der Waals surface area (Å²) < 4.78 is 36.3. The predicted molar refractivity (Wildman–Crippen MR) is 150 cm³/mol. The Morgan fingerprint density at radius 3 is 2.45 bits per heavy atom. The van der Waals surface area contributed by atoms with Gasteiger partial charge in [-0.25, -0.2) is 9.18 Å². The Morgan fingerprint density at radius 2 is 1.85 bits per heavy atom. The predicted octanol–water partition coefficient (Wildman–Crippen LogP) is 5.08. The van der Waals surface area contributed by atoms with Crippen LogP contribution < -0.4 is 5.32 Å². The SMILES string of the molecule is CCNC(=O)O[C@]1(C(=O)COC(C)=O)[C@@H](C)C[C@H]2[C@@H]3CC=C4CC(=O)C=C[C@]4(C)[C@@]3(F)[C@@H](O[Si](C)(C)C)C[C@@]21C. The van der Waals surface area contributed by atoms with Crippen LogP contribution in [0.4, 0.5) is 9.18 Å². The van der Waals surface area contributed by atoms with Crippen molar-refractivity contribution in [2.45, 2.75) is 97.3 Å². The van der Waals surface area contributed by atoms with Crippen molar-refractivity contribution in [3.05, 3.63) is 23.8 Å². The highest BCUT2D eigenvalue weighted by molar-refractivity contribution is 6.69. The fraction of sp³-hybridized carbons (Fsp3) is 0.733. The van der Waals surface area contributed by atoms with Crippen LogP contribution in [0.2, 0.25) is 19.6 Å². The van der Waals surface area contributed by atoms with Crippen LogP contribution in [-0.2, 0) is 28.3 Å². The second kappa shape index (κ2) is 10.2. The molecular weight excluding hydrogens is 533 g/mol. The Labute approximate surface area is 237 Å². The van der Waals surface area contributed by atoms with E-state index in [1.807, 2.05) is 46.5 Å². The number of allylic oxidation sites excluding steroid dienone is 4. The van der Waals surface area contributed by atoms with E-state index in [0.29, 0.717) is 19.4 Å². The van der Waals surface area contributed by atoms with E-state index in [-0.39, 0.29) is 24.5 Å². The quantitative estimate of drug-likeness (QED) is 0.255. The number of carbonyl (C=O) groups excluding carboxylic acids is 4. The third kappa shape index (κ3) is 4.49. The molecule has 4 aliphatic rings. The maximum absolute atomic E-state index is 18.3. The van der Waals surface area contributed by atoms with E-state index >= 15 is 4.39 Å². The third-order valence-electron chi connectivity index (χ3n) is 10.0. The van der Waals surface area contributed by atoms with Gasteiger partial charge in [-0.15, -0.1) is 0 Å².